The Kier molecular flexibility index (Phi) is 6.87. The zero-order valence-electron chi connectivity index (χ0n) is 21.0. The van der Waals surface area contributed by atoms with Gasteiger partial charge in [-0.25, -0.2) is 23.7 Å². The van der Waals surface area contributed by atoms with E-state index in [9.17, 15) is 13.6 Å². The number of hydrogen-bond acceptors (Lipinski definition) is 7. The van der Waals surface area contributed by atoms with Gasteiger partial charge in [-0.05, 0) is 39.2 Å². The Hall–Kier alpha value is -3.14. The number of halogens is 2. The van der Waals surface area contributed by atoms with E-state index in [1.807, 2.05) is 0 Å². The molecule has 0 spiro atoms. The summed E-state index contributed by atoms with van der Waals surface area (Å²) in [5.41, 5.74) is -0.104. The van der Waals surface area contributed by atoms with E-state index in [0.717, 1.165) is 57.7 Å². The second kappa shape index (κ2) is 10.1. The van der Waals surface area contributed by atoms with Crippen LogP contribution in [-0.2, 0) is 0 Å². The molecule has 8 nitrogen and oxygen atoms in total. The maximum absolute atomic E-state index is 13.8. The van der Waals surface area contributed by atoms with Crippen LogP contribution in [0.25, 0.3) is 10.9 Å². The predicted molar refractivity (Wildman–Crippen MR) is 137 cm³/mol. The van der Waals surface area contributed by atoms with Crippen molar-refractivity contribution in [1.29, 1.82) is 0 Å². The van der Waals surface area contributed by atoms with Gasteiger partial charge in [-0.1, -0.05) is 12.8 Å². The van der Waals surface area contributed by atoms with E-state index in [1.165, 1.54) is 0 Å². The van der Waals surface area contributed by atoms with Gasteiger partial charge in [0.15, 0.2) is 0 Å². The van der Waals surface area contributed by atoms with Crippen LogP contribution in [0.3, 0.4) is 0 Å². The fraction of sp³-hybridized carbons (Fsp3) is 0.538. The van der Waals surface area contributed by atoms with Gasteiger partial charge in [-0.15, -0.1) is 0 Å². The number of aryl methyl sites for hydroxylation is 1. The molecule has 10 heteroatoms. The van der Waals surface area contributed by atoms with Gasteiger partial charge in [0.1, 0.15) is 17.5 Å². The van der Waals surface area contributed by atoms with Crippen LogP contribution in [0.2, 0.25) is 0 Å². The summed E-state index contributed by atoms with van der Waals surface area (Å²) in [5.74, 6) is 1.85. The largest absolute Gasteiger partial charge is 0.353 e. The molecule has 0 amide bonds. The minimum atomic E-state index is -2.82. The van der Waals surface area contributed by atoms with Gasteiger partial charge in [-0.3, -0.25) is 9.69 Å². The normalized spacial score (nSPS) is 17.6. The lowest BCUT2D eigenvalue weighted by atomic mass is 10.0. The number of hydrogen-bond donors (Lipinski definition) is 1. The lowest BCUT2D eigenvalue weighted by Crippen LogP contribution is -2.49. The van der Waals surface area contributed by atoms with Crippen LogP contribution < -0.4 is 15.8 Å². The summed E-state index contributed by atoms with van der Waals surface area (Å²) in [6.07, 6.45) is 5.76. The summed E-state index contributed by atoms with van der Waals surface area (Å²) in [6, 6.07) is 2.22. The molecular formula is C26H33F2N7O. The van der Waals surface area contributed by atoms with Crippen LogP contribution in [0.5, 0.6) is 0 Å². The van der Waals surface area contributed by atoms with Gasteiger partial charge in [0.2, 0.25) is 0 Å². The molecule has 0 atom stereocenters. The van der Waals surface area contributed by atoms with Gasteiger partial charge < -0.3 is 14.8 Å². The van der Waals surface area contributed by atoms with E-state index in [2.05, 4.69) is 43.9 Å². The highest BCUT2D eigenvalue weighted by molar-refractivity contribution is 5.85. The summed E-state index contributed by atoms with van der Waals surface area (Å²) in [4.78, 5) is 31.4. The van der Waals surface area contributed by atoms with Gasteiger partial charge in [-0.2, -0.15) is 0 Å². The quantitative estimate of drug-likeness (QED) is 0.523. The Labute approximate surface area is 209 Å². The van der Waals surface area contributed by atoms with Crippen LogP contribution in [-0.4, -0.2) is 56.6 Å². The van der Waals surface area contributed by atoms with Crippen molar-refractivity contribution >= 4 is 28.4 Å². The molecule has 2 aliphatic rings. The van der Waals surface area contributed by atoms with Crippen LogP contribution in [0, 0.1) is 6.92 Å². The SMILES string of the molecule is Cc1c(C(F)F)c(=O)n(C2CCCC2)c2cc(Nc3cnc(N4CCN(C(C)C)CC4)cn3)ncc12. The van der Waals surface area contributed by atoms with Gasteiger partial charge in [0.05, 0.1) is 23.5 Å². The van der Waals surface area contributed by atoms with Crippen LogP contribution in [0.4, 0.5) is 26.2 Å². The molecule has 1 aliphatic carbocycles. The molecule has 192 valence electrons. The third-order valence-electron chi connectivity index (χ3n) is 7.57. The van der Waals surface area contributed by atoms with Crippen molar-refractivity contribution in [1.82, 2.24) is 24.4 Å². The van der Waals surface area contributed by atoms with E-state index in [4.69, 9.17) is 0 Å². The van der Waals surface area contributed by atoms with Crippen LogP contribution in [0.1, 0.15) is 63.1 Å². The summed E-state index contributed by atoms with van der Waals surface area (Å²) in [6.45, 7) is 9.80. The first-order valence-corrected chi connectivity index (χ1v) is 12.7. The molecule has 0 unspecified atom stereocenters. The number of aromatic nitrogens is 4. The number of piperazine rings is 1. The number of pyridine rings is 2. The zero-order valence-corrected chi connectivity index (χ0v) is 21.0. The smallest absolute Gasteiger partial charge is 0.269 e. The van der Waals surface area contributed by atoms with Crippen LogP contribution in [0.15, 0.2) is 29.5 Å². The highest BCUT2D eigenvalue weighted by Gasteiger charge is 2.27. The molecule has 0 radical (unpaired) electrons. The van der Waals surface area contributed by atoms with Crippen molar-refractivity contribution < 1.29 is 8.78 Å². The predicted octanol–water partition coefficient (Wildman–Crippen LogP) is 4.82. The Morgan fingerprint density at radius 2 is 1.67 bits per heavy atom. The first-order chi connectivity index (χ1) is 17.3. The van der Waals surface area contributed by atoms with E-state index in [1.54, 1.807) is 36.1 Å². The molecule has 3 aromatic rings. The summed E-state index contributed by atoms with van der Waals surface area (Å²) in [5, 5.41) is 3.74. The minimum Gasteiger partial charge on any atom is -0.353 e. The Bertz CT molecular complexity index is 1280. The van der Waals surface area contributed by atoms with Crippen molar-refractivity contribution in [3.63, 3.8) is 0 Å². The van der Waals surface area contributed by atoms with Crippen molar-refractivity contribution in [3.8, 4) is 0 Å². The maximum atomic E-state index is 13.8. The van der Waals surface area contributed by atoms with E-state index in [0.29, 0.717) is 34.1 Å². The second-order valence-corrected chi connectivity index (χ2v) is 10.0. The monoisotopic (exact) mass is 497 g/mol. The van der Waals surface area contributed by atoms with Crippen molar-refractivity contribution in [2.75, 3.05) is 36.4 Å². The van der Waals surface area contributed by atoms with Crippen LogP contribution >= 0.6 is 0 Å². The Balaban J connectivity index is 1.41. The molecule has 36 heavy (non-hydrogen) atoms. The molecule has 2 fully saturated rings. The number of anilines is 3. The molecule has 5 rings (SSSR count). The molecule has 3 aromatic heterocycles. The molecule has 1 saturated carbocycles. The van der Waals surface area contributed by atoms with Gasteiger partial charge in [0, 0.05) is 55.9 Å². The zero-order chi connectivity index (χ0) is 25.4. The number of fused-ring (bicyclic) bond motifs is 1. The molecule has 0 aromatic carbocycles. The average molecular weight is 498 g/mol. The fourth-order valence-corrected chi connectivity index (χ4v) is 5.48. The Morgan fingerprint density at radius 3 is 2.28 bits per heavy atom. The first-order valence-electron chi connectivity index (χ1n) is 12.7. The minimum absolute atomic E-state index is 0.0800. The molecule has 1 saturated heterocycles. The van der Waals surface area contributed by atoms with E-state index in [-0.39, 0.29) is 6.04 Å². The molecule has 4 heterocycles. The standard InChI is InChI=1S/C26H33F2N7O/c1-16(2)33-8-10-34(11-9-33)23-15-30-22(14-31-23)32-21-12-20-19(13-29-21)17(3)24(25(27)28)26(36)35(20)18-6-4-5-7-18/h12-16,18,25H,4-11H2,1-3H3,(H,29,30,32). The van der Waals surface area contributed by atoms with Crippen molar-refractivity contribution in [2.24, 2.45) is 0 Å². The highest BCUT2D eigenvalue weighted by atomic mass is 19.3. The maximum Gasteiger partial charge on any atom is 0.269 e. The molecular weight excluding hydrogens is 464 g/mol. The van der Waals surface area contributed by atoms with Gasteiger partial charge >= 0.3 is 0 Å². The summed E-state index contributed by atoms with van der Waals surface area (Å²) in [7, 11) is 0. The third-order valence-corrected chi connectivity index (χ3v) is 7.57. The fourth-order valence-electron chi connectivity index (χ4n) is 5.48. The first kappa shape index (κ1) is 24.5. The molecule has 1 N–H and O–H groups in total. The summed E-state index contributed by atoms with van der Waals surface area (Å²) < 4.78 is 29.2. The topological polar surface area (TPSA) is 79.2 Å². The number of nitrogens with zero attached hydrogens (tertiary/aromatic N) is 6. The Morgan fingerprint density at radius 1 is 0.972 bits per heavy atom. The molecule has 1 aliphatic heterocycles. The highest BCUT2D eigenvalue weighted by Crippen LogP contribution is 2.34. The van der Waals surface area contributed by atoms with E-state index >= 15 is 0 Å². The van der Waals surface area contributed by atoms with Gasteiger partial charge in [0.25, 0.3) is 12.0 Å². The van der Waals surface area contributed by atoms with E-state index < -0.39 is 17.5 Å². The lowest BCUT2D eigenvalue weighted by molar-refractivity contribution is 0.148. The third kappa shape index (κ3) is 4.66. The van der Waals surface area contributed by atoms with Crippen molar-refractivity contribution in [2.45, 2.75) is 65.0 Å². The number of nitrogens with one attached hydrogen (secondary N) is 1. The lowest BCUT2D eigenvalue weighted by Gasteiger charge is -2.37. The molecule has 0 bridgehead atoms. The summed E-state index contributed by atoms with van der Waals surface area (Å²) >= 11 is 0. The van der Waals surface area contributed by atoms with Crippen molar-refractivity contribution in [3.05, 3.63) is 46.1 Å². The average Bonchev–Trinajstić information content (AvgIpc) is 3.39. The number of alkyl halides is 2. The number of rotatable bonds is 6. The second-order valence-electron chi connectivity index (χ2n) is 10.0.